The van der Waals surface area contributed by atoms with Gasteiger partial charge in [-0.2, -0.15) is 0 Å². The molecule has 0 spiro atoms. The van der Waals surface area contributed by atoms with E-state index in [1.54, 1.807) is 11.0 Å². The normalized spacial score (nSPS) is 10.4. The zero-order chi connectivity index (χ0) is 13.9. The molecule has 100 valence electrons. The molecule has 0 bridgehead atoms. The Morgan fingerprint density at radius 1 is 1.25 bits per heavy atom. The summed E-state index contributed by atoms with van der Waals surface area (Å²) in [7, 11) is 0. The van der Waals surface area contributed by atoms with Gasteiger partial charge in [-0.15, -0.1) is 11.3 Å². The molecule has 1 aromatic carbocycles. The number of hydrogen-bond acceptors (Lipinski definition) is 4. The van der Waals surface area contributed by atoms with E-state index in [9.17, 15) is 4.79 Å². The van der Waals surface area contributed by atoms with Crippen LogP contribution in [0.15, 0.2) is 58.7 Å². The number of furan rings is 1. The highest BCUT2D eigenvalue weighted by atomic mass is 32.1. The number of carbonyl (C=O) groups is 1. The Labute approximate surface area is 120 Å². The maximum absolute atomic E-state index is 12.6. The average molecular weight is 284 g/mol. The molecule has 0 saturated heterocycles. The van der Waals surface area contributed by atoms with Crippen LogP contribution >= 0.6 is 11.3 Å². The number of aryl methyl sites for hydroxylation is 1. The molecule has 0 N–H and O–H groups in total. The molecule has 4 nitrogen and oxygen atoms in total. The minimum Gasteiger partial charge on any atom is -0.472 e. The summed E-state index contributed by atoms with van der Waals surface area (Å²) in [6.45, 7) is 1.91. The van der Waals surface area contributed by atoms with Gasteiger partial charge in [-0.1, -0.05) is 18.2 Å². The lowest BCUT2D eigenvalue weighted by atomic mass is 10.2. The Morgan fingerprint density at radius 3 is 2.65 bits per heavy atom. The van der Waals surface area contributed by atoms with E-state index in [0.717, 1.165) is 11.4 Å². The summed E-state index contributed by atoms with van der Waals surface area (Å²) in [5.74, 6) is -0.153. The lowest BCUT2D eigenvalue weighted by Crippen LogP contribution is -2.25. The van der Waals surface area contributed by atoms with Gasteiger partial charge in [-0.25, -0.2) is 4.98 Å². The molecule has 0 atom stereocenters. The first kappa shape index (κ1) is 12.6. The molecule has 3 aromatic rings. The quantitative estimate of drug-likeness (QED) is 0.729. The van der Waals surface area contributed by atoms with Gasteiger partial charge in [-0.05, 0) is 25.1 Å². The fraction of sp³-hybridized carbons (Fsp3) is 0.0667. The van der Waals surface area contributed by atoms with Gasteiger partial charge in [0.25, 0.3) is 5.91 Å². The molecule has 0 unspecified atom stereocenters. The Morgan fingerprint density at radius 2 is 2.05 bits per heavy atom. The van der Waals surface area contributed by atoms with Crippen molar-refractivity contribution in [3.05, 3.63) is 65.6 Å². The number of thiazole rings is 1. The largest absolute Gasteiger partial charge is 0.472 e. The summed E-state index contributed by atoms with van der Waals surface area (Å²) in [6, 6.07) is 11.1. The Balaban J connectivity index is 2.07. The first-order valence-electron chi connectivity index (χ1n) is 6.09. The highest BCUT2D eigenvalue weighted by molar-refractivity contribution is 7.14. The van der Waals surface area contributed by atoms with E-state index in [4.69, 9.17) is 4.42 Å². The number of rotatable bonds is 3. The molecule has 5 heteroatoms. The molecule has 2 heterocycles. The van der Waals surface area contributed by atoms with Gasteiger partial charge in [0.15, 0.2) is 5.13 Å². The number of hydrogen-bond donors (Lipinski definition) is 0. The highest BCUT2D eigenvalue weighted by Crippen LogP contribution is 2.30. The third-order valence-electron chi connectivity index (χ3n) is 2.78. The van der Waals surface area contributed by atoms with Crippen molar-refractivity contribution in [1.29, 1.82) is 0 Å². The lowest BCUT2D eigenvalue weighted by molar-refractivity contribution is 0.0998. The van der Waals surface area contributed by atoms with Crippen LogP contribution in [0.2, 0.25) is 0 Å². The van der Waals surface area contributed by atoms with E-state index in [-0.39, 0.29) is 5.91 Å². The molecule has 1 amide bonds. The summed E-state index contributed by atoms with van der Waals surface area (Å²) in [5.41, 5.74) is 2.18. The van der Waals surface area contributed by atoms with Crippen LogP contribution in [0.3, 0.4) is 0 Å². The van der Waals surface area contributed by atoms with Crippen LogP contribution in [0.25, 0.3) is 0 Å². The van der Waals surface area contributed by atoms with Crippen LogP contribution in [0.1, 0.15) is 16.1 Å². The monoisotopic (exact) mass is 284 g/mol. The Hall–Kier alpha value is -2.40. The molecular formula is C15H12N2O2S. The van der Waals surface area contributed by atoms with Crippen molar-refractivity contribution in [1.82, 2.24) is 4.98 Å². The Bertz CT molecular complexity index is 705. The second kappa shape index (κ2) is 5.30. The van der Waals surface area contributed by atoms with Gasteiger partial charge < -0.3 is 4.42 Å². The van der Waals surface area contributed by atoms with E-state index in [2.05, 4.69) is 4.98 Å². The number of para-hydroxylation sites is 1. The number of amides is 1. The lowest BCUT2D eigenvalue weighted by Gasteiger charge is -2.19. The van der Waals surface area contributed by atoms with E-state index < -0.39 is 0 Å². The van der Waals surface area contributed by atoms with Crippen LogP contribution in [0, 0.1) is 6.92 Å². The van der Waals surface area contributed by atoms with Gasteiger partial charge in [-0.3, -0.25) is 9.69 Å². The predicted molar refractivity (Wildman–Crippen MR) is 78.5 cm³/mol. The standard InChI is InChI=1S/C15H12N2O2S/c1-11-10-20-15(16-11)17(13-5-3-2-4-6-13)14(18)12-7-8-19-9-12/h2-10H,1H3. The van der Waals surface area contributed by atoms with Gasteiger partial charge in [0.1, 0.15) is 6.26 Å². The van der Waals surface area contributed by atoms with Crippen molar-refractivity contribution in [2.24, 2.45) is 0 Å². The maximum Gasteiger partial charge on any atom is 0.267 e. The number of anilines is 2. The van der Waals surface area contributed by atoms with E-state index in [0.29, 0.717) is 10.7 Å². The Kier molecular flexibility index (Phi) is 3.35. The SMILES string of the molecule is Cc1csc(N(C(=O)c2ccoc2)c2ccccc2)n1. The second-order valence-corrected chi connectivity index (χ2v) is 5.10. The van der Waals surface area contributed by atoms with Crippen LogP contribution in [0.4, 0.5) is 10.8 Å². The van der Waals surface area contributed by atoms with Crippen molar-refractivity contribution in [2.45, 2.75) is 6.92 Å². The molecule has 2 aromatic heterocycles. The van der Waals surface area contributed by atoms with Gasteiger partial charge in [0.05, 0.1) is 23.2 Å². The molecular weight excluding hydrogens is 272 g/mol. The third kappa shape index (κ3) is 2.35. The number of carbonyl (C=O) groups excluding carboxylic acids is 1. The minimum absolute atomic E-state index is 0.153. The molecule has 3 rings (SSSR count). The van der Waals surface area contributed by atoms with Gasteiger partial charge in [0.2, 0.25) is 0 Å². The average Bonchev–Trinajstić information content (AvgIpc) is 3.12. The zero-order valence-corrected chi connectivity index (χ0v) is 11.6. The molecule has 0 fully saturated rings. The highest BCUT2D eigenvalue weighted by Gasteiger charge is 2.22. The smallest absolute Gasteiger partial charge is 0.267 e. The topological polar surface area (TPSA) is 46.3 Å². The van der Waals surface area contributed by atoms with Crippen molar-refractivity contribution in [3.63, 3.8) is 0 Å². The maximum atomic E-state index is 12.6. The molecule has 0 radical (unpaired) electrons. The molecule has 0 aliphatic heterocycles. The number of nitrogens with zero attached hydrogens (tertiary/aromatic N) is 2. The van der Waals surface area contributed by atoms with E-state index in [1.807, 2.05) is 42.6 Å². The zero-order valence-electron chi connectivity index (χ0n) is 10.8. The molecule has 0 aliphatic rings. The minimum atomic E-state index is -0.153. The molecule has 20 heavy (non-hydrogen) atoms. The van der Waals surface area contributed by atoms with Crippen LogP contribution < -0.4 is 4.90 Å². The van der Waals surface area contributed by atoms with E-state index >= 15 is 0 Å². The first-order chi connectivity index (χ1) is 9.75. The van der Waals surface area contributed by atoms with Crippen LogP contribution in [-0.2, 0) is 0 Å². The summed E-state index contributed by atoms with van der Waals surface area (Å²) in [5, 5.41) is 2.58. The fourth-order valence-corrected chi connectivity index (χ4v) is 2.67. The molecule has 0 saturated carbocycles. The summed E-state index contributed by atoms with van der Waals surface area (Å²) < 4.78 is 5.00. The summed E-state index contributed by atoms with van der Waals surface area (Å²) in [4.78, 5) is 18.7. The van der Waals surface area contributed by atoms with Crippen molar-refractivity contribution >= 4 is 28.1 Å². The van der Waals surface area contributed by atoms with Crippen LogP contribution in [-0.4, -0.2) is 10.9 Å². The first-order valence-corrected chi connectivity index (χ1v) is 6.97. The van der Waals surface area contributed by atoms with Crippen molar-refractivity contribution < 1.29 is 9.21 Å². The number of benzene rings is 1. The number of aromatic nitrogens is 1. The molecule has 0 aliphatic carbocycles. The van der Waals surface area contributed by atoms with Gasteiger partial charge >= 0.3 is 0 Å². The fourth-order valence-electron chi connectivity index (χ4n) is 1.85. The van der Waals surface area contributed by atoms with Crippen molar-refractivity contribution in [2.75, 3.05) is 4.90 Å². The third-order valence-corrected chi connectivity index (χ3v) is 3.73. The predicted octanol–water partition coefficient (Wildman–Crippen LogP) is 4.02. The van der Waals surface area contributed by atoms with Crippen molar-refractivity contribution in [3.8, 4) is 0 Å². The van der Waals surface area contributed by atoms with Crippen LogP contribution in [0.5, 0.6) is 0 Å². The second-order valence-electron chi connectivity index (χ2n) is 4.26. The van der Waals surface area contributed by atoms with Gasteiger partial charge in [0, 0.05) is 5.38 Å². The summed E-state index contributed by atoms with van der Waals surface area (Å²) >= 11 is 1.44. The van der Waals surface area contributed by atoms with E-state index in [1.165, 1.54) is 23.9 Å². The summed E-state index contributed by atoms with van der Waals surface area (Å²) in [6.07, 6.45) is 2.93.